The van der Waals surface area contributed by atoms with Crippen molar-refractivity contribution in [2.45, 2.75) is 11.7 Å². The van der Waals surface area contributed by atoms with Crippen molar-refractivity contribution in [3.8, 4) is 0 Å². The predicted molar refractivity (Wildman–Crippen MR) is 63.9 cm³/mol. The van der Waals surface area contributed by atoms with Gasteiger partial charge < -0.3 is 5.32 Å². The van der Waals surface area contributed by atoms with Crippen LogP contribution in [0.3, 0.4) is 0 Å². The third-order valence-electron chi connectivity index (χ3n) is 1.71. The molecule has 0 atom stereocenters. The molecular formula is C7H9N7OS2. The van der Waals surface area contributed by atoms with Crippen molar-refractivity contribution in [2.24, 2.45) is 0 Å². The molecule has 90 valence electrons. The van der Waals surface area contributed by atoms with Crippen molar-refractivity contribution in [1.29, 1.82) is 0 Å². The summed E-state index contributed by atoms with van der Waals surface area (Å²) in [6.45, 7) is 0.302. The zero-order valence-corrected chi connectivity index (χ0v) is 10.4. The third-order valence-corrected chi connectivity index (χ3v) is 3.00. The minimum atomic E-state index is -0.350. The number of carbonyl (C=O) groups excluding carboxylic acids is 1. The summed E-state index contributed by atoms with van der Waals surface area (Å²) >= 11 is 2.56. The summed E-state index contributed by atoms with van der Waals surface area (Å²) in [7, 11) is 0. The van der Waals surface area contributed by atoms with E-state index in [1.165, 1.54) is 18.0 Å². The number of hydrogen-bond acceptors (Lipinski definition) is 7. The van der Waals surface area contributed by atoms with Crippen LogP contribution in [0.1, 0.15) is 5.69 Å². The molecule has 0 aliphatic carbocycles. The Hall–Kier alpha value is -1.68. The average molecular weight is 271 g/mol. The first kappa shape index (κ1) is 11.8. The van der Waals surface area contributed by atoms with E-state index in [0.717, 1.165) is 11.5 Å². The summed E-state index contributed by atoms with van der Waals surface area (Å²) in [5, 5.41) is 16.2. The SMILES string of the molecule is CSc1nsc(NC(=O)NCc2cn[nH]n2)n1. The second-order valence-corrected chi connectivity index (χ2v) is 4.38. The second kappa shape index (κ2) is 5.59. The number of aromatic amines is 1. The van der Waals surface area contributed by atoms with Gasteiger partial charge >= 0.3 is 6.03 Å². The van der Waals surface area contributed by atoms with Crippen LogP contribution in [-0.4, -0.2) is 37.1 Å². The first-order valence-corrected chi connectivity index (χ1v) is 6.55. The molecular weight excluding hydrogens is 262 g/mol. The number of nitrogens with one attached hydrogen (secondary N) is 3. The number of carbonyl (C=O) groups is 1. The highest BCUT2D eigenvalue weighted by Crippen LogP contribution is 2.17. The van der Waals surface area contributed by atoms with Gasteiger partial charge in [-0.05, 0) is 6.26 Å². The van der Waals surface area contributed by atoms with Gasteiger partial charge in [0, 0.05) is 11.5 Å². The van der Waals surface area contributed by atoms with Gasteiger partial charge in [0.15, 0.2) is 0 Å². The molecule has 10 heteroatoms. The van der Waals surface area contributed by atoms with Gasteiger partial charge in [-0.15, -0.1) is 0 Å². The Kier molecular flexibility index (Phi) is 3.88. The Morgan fingerprint density at radius 1 is 1.65 bits per heavy atom. The molecule has 0 radical (unpaired) electrons. The number of hydrogen-bond donors (Lipinski definition) is 3. The van der Waals surface area contributed by atoms with Gasteiger partial charge in [-0.25, -0.2) is 4.79 Å². The van der Waals surface area contributed by atoms with Crippen LogP contribution in [0, 0.1) is 0 Å². The van der Waals surface area contributed by atoms with Gasteiger partial charge in [0.05, 0.1) is 12.7 Å². The van der Waals surface area contributed by atoms with E-state index < -0.39 is 0 Å². The van der Waals surface area contributed by atoms with E-state index in [4.69, 9.17) is 0 Å². The standard InChI is InChI=1S/C7H9N7OS2/c1-16-7-11-6(17-13-7)10-5(15)8-2-4-3-9-14-12-4/h3H,2H2,1H3,(H,9,12,14)(H2,8,10,11,13,15). The molecule has 2 amide bonds. The molecule has 0 bridgehead atoms. The highest BCUT2D eigenvalue weighted by atomic mass is 32.2. The lowest BCUT2D eigenvalue weighted by molar-refractivity contribution is 0.251. The highest BCUT2D eigenvalue weighted by Gasteiger charge is 2.07. The van der Waals surface area contributed by atoms with Crippen molar-refractivity contribution >= 4 is 34.5 Å². The van der Waals surface area contributed by atoms with Crippen LogP contribution in [-0.2, 0) is 6.54 Å². The smallest absolute Gasteiger partial charge is 0.321 e. The van der Waals surface area contributed by atoms with Crippen molar-refractivity contribution in [3.05, 3.63) is 11.9 Å². The second-order valence-electron chi connectivity index (χ2n) is 2.86. The Labute approximate surface area is 105 Å². The van der Waals surface area contributed by atoms with Gasteiger partial charge in [0.1, 0.15) is 5.69 Å². The normalized spacial score (nSPS) is 10.2. The molecule has 0 unspecified atom stereocenters. The maximum atomic E-state index is 11.5. The summed E-state index contributed by atoms with van der Waals surface area (Å²) in [6, 6.07) is -0.350. The minimum Gasteiger partial charge on any atom is -0.332 e. The molecule has 0 saturated heterocycles. The summed E-state index contributed by atoms with van der Waals surface area (Å²) in [5.41, 5.74) is 0.655. The molecule has 17 heavy (non-hydrogen) atoms. The van der Waals surface area contributed by atoms with E-state index in [2.05, 4.69) is 35.4 Å². The fourth-order valence-electron chi connectivity index (χ4n) is 0.966. The van der Waals surface area contributed by atoms with Crippen molar-refractivity contribution in [1.82, 2.24) is 30.1 Å². The monoisotopic (exact) mass is 271 g/mol. The summed E-state index contributed by atoms with van der Waals surface area (Å²) in [4.78, 5) is 15.5. The number of rotatable bonds is 4. The molecule has 0 aliphatic heterocycles. The summed E-state index contributed by atoms with van der Waals surface area (Å²) in [6.07, 6.45) is 3.41. The van der Waals surface area contributed by atoms with Crippen molar-refractivity contribution < 1.29 is 4.79 Å². The predicted octanol–water partition coefficient (Wildman–Crippen LogP) is 0.700. The van der Waals surface area contributed by atoms with Gasteiger partial charge in [-0.3, -0.25) is 5.32 Å². The molecule has 2 aromatic rings. The van der Waals surface area contributed by atoms with Crippen LogP contribution >= 0.6 is 23.3 Å². The van der Waals surface area contributed by atoms with Crippen molar-refractivity contribution in [2.75, 3.05) is 11.6 Å². The lowest BCUT2D eigenvalue weighted by atomic mass is 10.5. The maximum absolute atomic E-state index is 11.5. The Balaban J connectivity index is 1.81. The lowest BCUT2D eigenvalue weighted by Gasteiger charge is -2.01. The first-order valence-electron chi connectivity index (χ1n) is 4.55. The molecule has 2 rings (SSSR count). The third kappa shape index (κ3) is 3.39. The van der Waals surface area contributed by atoms with Gasteiger partial charge in [-0.1, -0.05) is 11.8 Å². The number of aromatic nitrogens is 5. The van der Waals surface area contributed by atoms with E-state index in [1.54, 1.807) is 0 Å². The molecule has 3 N–H and O–H groups in total. The topological polar surface area (TPSA) is 108 Å². The fraction of sp³-hybridized carbons (Fsp3) is 0.286. The molecule has 0 fully saturated rings. The molecule has 2 heterocycles. The fourth-order valence-corrected chi connectivity index (χ4v) is 2.09. The zero-order valence-electron chi connectivity index (χ0n) is 8.80. The van der Waals surface area contributed by atoms with Crippen LogP contribution in [0.25, 0.3) is 0 Å². The molecule has 0 aromatic carbocycles. The highest BCUT2D eigenvalue weighted by molar-refractivity contribution is 7.98. The van der Waals surface area contributed by atoms with Gasteiger partial charge in [0.25, 0.3) is 0 Å². The quantitative estimate of drug-likeness (QED) is 0.706. The number of amides is 2. The molecule has 0 aliphatic rings. The number of thioether (sulfide) groups is 1. The molecule has 0 spiro atoms. The molecule has 0 saturated carbocycles. The Bertz CT molecular complexity index is 482. The van der Waals surface area contributed by atoms with E-state index in [-0.39, 0.29) is 6.03 Å². The molecule has 2 aromatic heterocycles. The zero-order chi connectivity index (χ0) is 12.1. The number of nitrogens with zero attached hydrogens (tertiary/aromatic N) is 4. The van der Waals surface area contributed by atoms with E-state index in [9.17, 15) is 4.79 Å². The minimum absolute atomic E-state index is 0.302. The summed E-state index contributed by atoms with van der Waals surface area (Å²) < 4.78 is 4.02. The average Bonchev–Trinajstić information content (AvgIpc) is 2.97. The summed E-state index contributed by atoms with van der Waals surface area (Å²) in [5.74, 6) is 0. The number of urea groups is 1. The van der Waals surface area contributed by atoms with Crippen LogP contribution in [0.4, 0.5) is 9.93 Å². The van der Waals surface area contributed by atoms with Crippen LogP contribution in [0.5, 0.6) is 0 Å². The largest absolute Gasteiger partial charge is 0.332 e. The van der Waals surface area contributed by atoms with E-state index in [0.29, 0.717) is 22.5 Å². The Morgan fingerprint density at radius 2 is 2.53 bits per heavy atom. The number of H-pyrrole nitrogens is 1. The van der Waals surface area contributed by atoms with E-state index >= 15 is 0 Å². The van der Waals surface area contributed by atoms with Gasteiger partial charge in [0.2, 0.25) is 10.3 Å². The number of anilines is 1. The van der Waals surface area contributed by atoms with Crippen molar-refractivity contribution in [3.63, 3.8) is 0 Å². The lowest BCUT2D eigenvalue weighted by Crippen LogP contribution is -2.28. The van der Waals surface area contributed by atoms with Crippen LogP contribution < -0.4 is 10.6 Å². The van der Waals surface area contributed by atoms with E-state index in [1.807, 2.05) is 6.26 Å². The van der Waals surface area contributed by atoms with Gasteiger partial charge in [-0.2, -0.15) is 24.8 Å². The maximum Gasteiger partial charge on any atom is 0.321 e. The Morgan fingerprint density at radius 3 is 3.18 bits per heavy atom. The first-order chi connectivity index (χ1) is 8.28. The van der Waals surface area contributed by atoms with Crippen LogP contribution in [0.15, 0.2) is 11.4 Å². The van der Waals surface area contributed by atoms with Crippen LogP contribution in [0.2, 0.25) is 0 Å². The molecule has 8 nitrogen and oxygen atoms in total.